The van der Waals surface area contributed by atoms with Gasteiger partial charge in [-0.05, 0) is 42.9 Å². The van der Waals surface area contributed by atoms with Crippen LogP contribution in [0.5, 0.6) is 0 Å². The van der Waals surface area contributed by atoms with Crippen LogP contribution in [-0.4, -0.2) is 61.8 Å². The summed E-state index contributed by atoms with van der Waals surface area (Å²) in [6.07, 6.45) is 9.61. The molecule has 0 fully saturated rings. The number of Topliss-reactive ketones (excluding diaryl/α,β-unsaturated/α-hetero) is 1. The SMILES string of the molecule is CCOC(=O)C1=CN(C(CC)C(C)(C)COC)C(/C(=C2\C=CC=C(OCc3ccccc3)C2=NC)C(C)CC)CC1=O. The first kappa shape index (κ1) is 33.1. The number of rotatable bonds is 13. The van der Waals surface area contributed by atoms with Crippen molar-refractivity contribution in [3.63, 3.8) is 0 Å². The van der Waals surface area contributed by atoms with Gasteiger partial charge in [-0.2, -0.15) is 0 Å². The fraction of sp³-hybridized carbons (Fsp3) is 0.514. The van der Waals surface area contributed by atoms with Crippen molar-refractivity contribution in [1.82, 2.24) is 4.90 Å². The smallest absolute Gasteiger partial charge is 0.343 e. The van der Waals surface area contributed by atoms with Crippen molar-refractivity contribution in [3.05, 3.63) is 82.8 Å². The summed E-state index contributed by atoms with van der Waals surface area (Å²) < 4.78 is 17.2. The largest absolute Gasteiger partial charge is 0.487 e. The molecule has 3 rings (SSSR count). The Bertz CT molecular complexity index is 1260. The van der Waals surface area contributed by atoms with E-state index < -0.39 is 5.97 Å². The van der Waals surface area contributed by atoms with Gasteiger partial charge in [0.25, 0.3) is 0 Å². The molecule has 0 aromatic heterocycles. The molecule has 228 valence electrons. The van der Waals surface area contributed by atoms with Gasteiger partial charge in [0.2, 0.25) is 0 Å². The molecular weight excluding hydrogens is 528 g/mol. The van der Waals surface area contributed by atoms with Crippen LogP contribution in [0.3, 0.4) is 0 Å². The van der Waals surface area contributed by atoms with Crippen LogP contribution in [0.2, 0.25) is 0 Å². The number of benzene rings is 1. The quantitative estimate of drug-likeness (QED) is 0.194. The third kappa shape index (κ3) is 7.49. The van der Waals surface area contributed by atoms with Crippen LogP contribution in [-0.2, 0) is 30.4 Å². The van der Waals surface area contributed by atoms with Crippen molar-refractivity contribution in [2.24, 2.45) is 16.3 Å². The van der Waals surface area contributed by atoms with Crippen molar-refractivity contribution in [3.8, 4) is 0 Å². The number of aliphatic imine (C=N–C) groups is 1. The van der Waals surface area contributed by atoms with Gasteiger partial charge in [-0.1, -0.05) is 77.1 Å². The average Bonchev–Trinajstić information content (AvgIpc) is 2.97. The van der Waals surface area contributed by atoms with E-state index in [1.165, 1.54) is 0 Å². The van der Waals surface area contributed by atoms with Gasteiger partial charge >= 0.3 is 5.97 Å². The standard InChI is InChI=1S/C35H48N2O5/c1-9-24(4)32(26-18-15-19-30(33(26)36-7)42-22-25-16-13-12-14-17-25)28-20-29(38)27(34(39)41-11-3)21-37(28)31(10-2)35(5,6)23-40-8/h12-19,21,24,28,31H,9-11,20,22-23H2,1-8H3/b32-26+,36-33?. The Morgan fingerprint density at radius 2 is 1.86 bits per heavy atom. The molecule has 1 aliphatic heterocycles. The number of allylic oxidation sites excluding steroid dienone is 4. The van der Waals surface area contributed by atoms with Gasteiger partial charge in [-0.15, -0.1) is 0 Å². The van der Waals surface area contributed by atoms with Crippen molar-refractivity contribution < 1.29 is 23.8 Å². The molecule has 1 aromatic carbocycles. The third-order valence-electron chi connectivity index (χ3n) is 8.25. The topological polar surface area (TPSA) is 77.4 Å². The van der Waals surface area contributed by atoms with E-state index in [-0.39, 0.29) is 47.8 Å². The first-order valence-corrected chi connectivity index (χ1v) is 15.1. The molecule has 0 saturated carbocycles. The lowest BCUT2D eigenvalue weighted by molar-refractivity contribution is -0.140. The van der Waals surface area contributed by atoms with Crippen molar-refractivity contribution in [2.45, 2.75) is 79.5 Å². The van der Waals surface area contributed by atoms with Crippen molar-refractivity contribution in [2.75, 3.05) is 27.4 Å². The summed E-state index contributed by atoms with van der Waals surface area (Å²) in [5, 5.41) is 0. The van der Waals surface area contributed by atoms with Gasteiger partial charge in [0.1, 0.15) is 23.7 Å². The Morgan fingerprint density at radius 3 is 2.45 bits per heavy atom. The molecule has 0 N–H and O–H groups in total. The van der Waals surface area contributed by atoms with Gasteiger partial charge in [-0.3, -0.25) is 9.79 Å². The molecule has 3 atom stereocenters. The molecule has 3 unspecified atom stereocenters. The number of hydrogen-bond acceptors (Lipinski definition) is 7. The summed E-state index contributed by atoms with van der Waals surface area (Å²) >= 11 is 0. The van der Waals surface area contributed by atoms with E-state index >= 15 is 0 Å². The normalized spacial score (nSPS) is 21.0. The van der Waals surface area contributed by atoms with E-state index in [4.69, 9.17) is 19.2 Å². The molecule has 1 aliphatic carbocycles. The molecule has 0 bridgehead atoms. The minimum absolute atomic E-state index is 0.0152. The molecule has 7 heteroatoms. The van der Waals surface area contributed by atoms with Crippen molar-refractivity contribution >= 4 is 17.5 Å². The molecule has 0 radical (unpaired) electrons. The highest BCUT2D eigenvalue weighted by molar-refractivity contribution is 6.18. The summed E-state index contributed by atoms with van der Waals surface area (Å²) in [6, 6.07) is 9.76. The number of ketones is 1. The van der Waals surface area contributed by atoms with Crippen LogP contribution in [0.25, 0.3) is 0 Å². The van der Waals surface area contributed by atoms with E-state index in [1.807, 2.05) is 42.5 Å². The Balaban J connectivity index is 2.17. The number of nitrogens with zero attached hydrogens (tertiary/aromatic N) is 2. The summed E-state index contributed by atoms with van der Waals surface area (Å²) in [7, 11) is 3.49. The number of carbonyl (C=O) groups is 2. The first-order chi connectivity index (χ1) is 20.1. The second kappa shape index (κ2) is 15.1. The molecule has 2 aliphatic rings. The highest BCUT2D eigenvalue weighted by Crippen LogP contribution is 2.40. The molecule has 1 aromatic rings. The second-order valence-corrected chi connectivity index (χ2v) is 11.6. The lowest BCUT2D eigenvalue weighted by Gasteiger charge is -2.48. The minimum atomic E-state index is -0.573. The van der Waals surface area contributed by atoms with Gasteiger partial charge in [0.15, 0.2) is 5.78 Å². The lowest BCUT2D eigenvalue weighted by Crippen LogP contribution is -2.53. The Labute approximate surface area is 252 Å². The van der Waals surface area contributed by atoms with Crippen LogP contribution < -0.4 is 0 Å². The molecule has 1 heterocycles. The Hall–Kier alpha value is -3.45. The minimum Gasteiger partial charge on any atom is -0.487 e. The van der Waals surface area contributed by atoms with Crippen LogP contribution >= 0.6 is 0 Å². The highest BCUT2D eigenvalue weighted by Gasteiger charge is 2.43. The Morgan fingerprint density at radius 1 is 1.14 bits per heavy atom. The molecule has 0 spiro atoms. The summed E-state index contributed by atoms with van der Waals surface area (Å²) in [4.78, 5) is 33.4. The first-order valence-electron chi connectivity index (χ1n) is 15.1. The zero-order valence-electron chi connectivity index (χ0n) is 26.6. The maximum atomic E-state index is 13.6. The maximum absolute atomic E-state index is 13.6. The fourth-order valence-electron chi connectivity index (χ4n) is 6.12. The van der Waals surface area contributed by atoms with E-state index in [9.17, 15) is 9.59 Å². The molecule has 0 saturated heterocycles. The monoisotopic (exact) mass is 576 g/mol. The summed E-state index contributed by atoms with van der Waals surface area (Å²) in [5.41, 5.74) is 3.75. The predicted molar refractivity (Wildman–Crippen MR) is 168 cm³/mol. The number of hydrogen-bond donors (Lipinski definition) is 0. The predicted octanol–water partition coefficient (Wildman–Crippen LogP) is 6.61. The van der Waals surface area contributed by atoms with Crippen LogP contribution in [0.4, 0.5) is 0 Å². The van der Waals surface area contributed by atoms with Gasteiger partial charge in [0, 0.05) is 43.8 Å². The number of methoxy groups -OCH3 is 1. The van der Waals surface area contributed by atoms with E-state index in [0.717, 1.165) is 35.3 Å². The second-order valence-electron chi connectivity index (χ2n) is 11.6. The van der Waals surface area contributed by atoms with Crippen LogP contribution in [0, 0.1) is 11.3 Å². The van der Waals surface area contributed by atoms with Crippen molar-refractivity contribution in [1.29, 1.82) is 0 Å². The fourth-order valence-corrected chi connectivity index (χ4v) is 6.12. The highest BCUT2D eigenvalue weighted by atomic mass is 16.5. The van der Waals surface area contributed by atoms with E-state index in [1.54, 1.807) is 27.3 Å². The maximum Gasteiger partial charge on any atom is 0.343 e. The van der Waals surface area contributed by atoms with Crippen LogP contribution in [0.15, 0.2) is 82.2 Å². The Kier molecular flexibility index (Phi) is 11.9. The lowest BCUT2D eigenvalue weighted by atomic mass is 9.76. The zero-order chi connectivity index (χ0) is 30.9. The number of esters is 1. The number of ether oxygens (including phenoxy) is 3. The van der Waals surface area contributed by atoms with Crippen LogP contribution in [0.1, 0.15) is 66.4 Å². The average molecular weight is 577 g/mol. The van der Waals surface area contributed by atoms with E-state index in [2.05, 4.69) is 45.6 Å². The molecule has 0 amide bonds. The van der Waals surface area contributed by atoms with Gasteiger partial charge in [-0.25, -0.2) is 4.79 Å². The van der Waals surface area contributed by atoms with Gasteiger partial charge in [0.05, 0.1) is 19.3 Å². The molecule has 42 heavy (non-hydrogen) atoms. The number of carbonyl (C=O) groups excluding carboxylic acids is 2. The molecular formula is C35H48N2O5. The molecule has 7 nitrogen and oxygen atoms in total. The zero-order valence-corrected chi connectivity index (χ0v) is 26.6. The van der Waals surface area contributed by atoms with Gasteiger partial charge < -0.3 is 19.1 Å². The summed E-state index contributed by atoms with van der Waals surface area (Å²) in [5.74, 6) is 0.0518. The third-order valence-corrected chi connectivity index (χ3v) is 8.25. The summed E-state index contributed by atoms with van der Waals surface area (Å²) in [6.45, 7) is 13.7. The van der Waals surface area contributed by atoms with E-state index in [0.29, 0.717) is 19.0 Å².